The summed E-state index contributed by atoms with van der Waals surface area (Å²) in [5.41, 5.74) is -0.657. The Kier molecular flexibility index (Phi) is 5.26. The summed E-state index contributed by atoms with van der Waals surface area (Å²) in [5, 5.41) is -0.0547. The van der Waals surface area contributed by atoms with E-state index in [4.69, 9.17) is 9.47 Å². The zero-order valence-corrected chi connectivity index (χ0v) is 18.6. The summed E-state index contributed by atoms with van der Waals surface area (Å²) >= 11 is 5.83. The number of halogens is 2. The lowest BCUT2D eigenvalue weighted by Crippen LogP contribution is -2.68. The summed E-state index contributed by atoms with van der Waals surface area (Å²) in [6, 6.07) is -0.670. The van der Waals surface area contributed by atoms with Gasteiger partial charge in [0.05, 0.1) is 5.41 Å². The number of β-lactam (4-membered cyclic amide) rings is 1. The third-order valence-electron chi connectivity index (χ3n) is 3.66. The van der Waals surface area contributed by atoms with Crippen molar-refractivity contribution < 1.29 is 23.9 Å². The third-order valence-corrected chi connectivity index (χ3v) is 8.24. The minimum Gasteiger partial charge on any atom is -0.427 e. The first-order valence-corrected chi connectivity index (χ1v) is 10.1. The topological polar surface area (TPSA) is 72.9 Å². The molecule has 0 aromatic carbocycles. The average Bonchev–Trinajstić information content (AvgIpc) is 2.67. The number of fused-ring (bicyclic) bond motifs is 1. The maximum Gasteiger partial charge on any atom is 0.333 e. The van der Waals surface area contributed by atoms with Crippen LogP contribution in [0.4, 0.5) is 0 Å². The highest BCUT2D eigenvalue weighted by Gasteiger charge is 2.70. The van der Waals surface area contributed by atoms with Gasteiger partial charge in [0.15, 0.2) is 1.43 Å². The molecule has 2 aliphatic heterocycles. The molecule has 2 heterocycles. The van der Waals surface area contributed by atoms with E-state index >= 15 is 0 Å². The van der Waals surface area contributed by atoms with E-state index in [2.05, 4.69) is 45.2 Å². The van der Waals surface area contributed by atoms with E-state index < -0.39 is 36.4 Å². The minimum absolute atomic E-state index is 0.0547. The number of esters is 2. The number of alkyl halides is 2. The van der Waals surface area contributed by atoms with Gasteiger partial charge in [-0.15, -0.1) is 11.8 Å². The van der Waals surface area contributed by atoms with Gasteiger partial charge in [-0.2, -0.15) is 0 Å². The average molecular weight is 567 g/mol. The fourth-order valence-corrected chi connectivity index (χ4v) is 5.81. The lowest BCUT2D eigenvalue weighted by Gasteiger charge is -2.46. The molecule has 0 saturated carbocycles. The maximum atomic E-state index is 12.4. The number of nitrogens with zero attached hydrogens (tertiary/aromatic N) is 1. The first-order chi connectivity index (χ1) is 10.3. The Balaban J connectivity index is 2.00. The second-order valence-corrected chi connectivity index (χ2v) is 14.3. The first-order valence-electron chi connectivity index (χ1n) is 7.02. The largest absolute Gasteiger partial charge is 0.427 e. The van der Waals surface area contributed by atoms with Crippen LogP contribution in [0.25, 0.3) is 0 Å². The van der Waals surface area contributed by atoms with Crippen LogP contribution in [0.15, 0.2) is 0 Å². The van der Waals surface area contributed by atoms with Crippen LogP contribution in [0.3, 0.4) is 0 Å². The molecule has 0 radical (unpaired) electrons. The number of ether oxygens (including phenoxy) is 2. The smallest absolute Gasteiger partial charge is 0.333 e. The SMILES string of the molecule is CC(C)(C)C(=O)OCOC(=O)[C@@H]1N2C(=O)C(I)(I)[C@H]2SC1(C)C. The highest BCUT2D eigenvalue weighted by atomic mass is 127. The number of hydrogen-bond donors (Lipinski definition) is 0. The van der Waals surface area contributed by atoms with Crippen LogP contribution in [0, 0.1) is 5.41 Å². The van der Waals surface area contributed by atoms with Gasteiger partial charge in [-0.3, -0.25) is 9.59 Å². The van der Waals surface area contributed by atoms with Crippen molar-refractivity contribution in [2.24, 2.45) is 5.41 Å². The minimum atomic E-state index is -0.670. The second kappa shape index (κ2) is 6.19. The predicted molar refractivity (Wildman–Crippen MR) is 103 cm³/mol. The van der Waals surface area contributed by atoms with Crippen LogP contribution in [-0.4, -0.2) is 47.1 Å². The van der Waals surface area contributed by atoms with E-state index in [-0.39, 0.29) is 11.3 Å². The molecular formula is C14H19I2NO5S. The molecule has 2 aliphatic rings. The van der Waals surface area contributed by atoms with Crippen molar-refractivity contribution in [1.82, 2.24) is 4.90 Å². The standard InChI is InChI=1S/C14H19I2NO5S/c1-12(2,3)11(20)22-6-21-8(18)7-13(4,5)23-10-14(15,16)9(19)17(7)10/h7,10H,6H2,1-5H3/t7-,10+/m0/s1. The quantitative estimate of drug-likeness (QED) is 0.172. The molecule has 2 rings (SSSR count). The molecule has 0 spiro atoms. The number of amides is 1. The summed E-state index contributed by atoms with van der Waals surface area (Å²) < 4.78 is 9.08. The Labute approximate surface area is 167 Å². The van der Waals surface area contributed by atoms with Crippen LogP contribution >= 0.6 is 56.9 Å². The molecule has 0 N–H and O–H groups in total. The monoisotopic (exact) mass is 567 g/mol. The number of carbonyl (C=O) groups is 3. The molecule has 0 bridgehead atoms. The zero-order chi connectivity index (χ0) is 17.8. The number of carbonyl (C=O) groups excluding carboxylic acids is 3. The van der Waals surface area contributed by atoms with Gasteiger partial charge in [0.25, 0.3) is 5.91 Å². The highest BCUT2D eigenvalue weighted by molar-refractivity contribution is 14.2. The molecule has 23 heavy (non-hydrogen) atoms. The highest BCUT2D eigenvalue weighted by Crippen LogP contribution is 2.60. The van der Waals surface area contributed by atoms with Crippen molar-refractivity contribution in [3.63, 3.8) is 0 Å². The molecule has 6 nitrogen and oxygen atoms in total. The molecule has 0 aromatic heterocycles. The molecular weight excluding hydrogens is 548 g/mol. The summed E-state index contributed by atoms with van der Waals surface area (Å²) in [7, 11) is 0. The molecule has 2 fully saturated rings. The second-order valence-electron chi connectivity index (χ2n) is 7.07. The summed E-state index contributed by atoms with van der Waals surface area (Å²) in [6.07, 6.45) is 0. The van der Waals surface area contributed by atoms with E-state index in [1.54, 1.807) is 37.4 Å². The number of thioether (sulfide) groups is 1. The van der Waals surface area contributed by atoms with E-state index in [0.29, 0.717) is 0 Å². The van der Waals surface area contributed by atoms with E-state index in [1.165, 1.54) is 0 Å². The summed E-state index contributed by atoms with van der Waals surface area (Å²) in [4.78, 5) is 38.0. The lowest BCUT2D eigenvalue weighted by molar-refractivity contribution is -0.179. The van der Waals surface area contributed by atoms with Gasteiger partial charge in [-0.1, -0.05) is 45.2 Å². The van der Waals surface area contributed by atoms with Crippen LogP contribution in [0.2, 0.25) is 0 Å². The summed E-state index contributed by atoms with van der Waals surface area (Å²) in [6.45, 7) is 8.56. The van der Waals surface area contributed by atoms with Crippen molar-refractivity contribution in [3.05, 3.63) is 0 Å². The molecule has 130 valence electrons. The molecule has 1 amide bonds. The molecule has 0 aromatic rings. The number of hydrogen-bond acceptors (Lipinski definition) is 6. The molecule has 2 atom stereocenters. The van der Waals surface area contributed by atoms with Gasteiger partial charge in [0, 0.05) is 4.75 Å². The van der Waals surface area contributed by atoms with Crippen LogP contribution in [0.5, 0.6) is 0 Å². The Morgan fingerprint density at radius 1 is 1.26 bits per heavy atom. The van der Waals surface area contributed by atoms with Gasteiger partial charge >= 0.3 is 11.9 Å². The van der Waals surface area contributed by atoms with E-state index in [0.717, 1.165) is 0 Å². The number of rotatable bonds is 3. The lowest BCUT2D eigenvalue weighted by atomic mass is 9.97. The zero-order valence-electron chi connectivity index (χ0n) is 13.5. The maximum absolute atomic E-state index is 12.4. The van der Waals surface area contributed by atoms with Crippen LogP contribution in [0.1, 0.15) is 34.6 Å². The Morgan fingerprint density at radius 2 is 1.83 bits per heavy atom. The van der Waals surface area contributed by atoms with Crippen LogP contribution < -0.4 is 0 Å². The van der Waals surface area contributed by atoms with Gasteiger partial charge < -0.3 is 14.4 Å². The van der Waals surface area contributed by atoms with Gasteiger partial charge in [0.2, 0.25) is 6.79 Å². The molecule has 9 heteroatoms. The Bertz CT molecular complexity index is 558. The van der Waals surface area contributed by atoms with Crippen molar-refractivity contribution in [2.75, 3.05) is 6.79 Å². The summed E-state index contributed by atoms with van der Waals surface area (Å²) in [5.74, 6) is -1.06. The predicted octanol–water partition coefficient (Wildman–Crippen LogP) is 2.71. The molecule has 0 unspecified atom stereocenters. The van der Waals surface area contributed by atoms with Gasteiger partial charge in [-0.25, -0.2) is 4.79 Å². The van der Waals surface area contributed by atoms with Gasteiger partial charge in [0.1, 0.15) is 11.4 Å². The van der Waals surface area contributed by atoms with Crippen molar-refractivity contribution in [1.29, 1.82) is 0 Å². The molecule has 0 aliphatic carbocycles. The van der Waals surface area contributed by atoms with Crippen LogP contribution in [-0.2, 0) is 23.9 Å². The Morgan fingerprint density at radius 3 is 2.35 bits per heavy atom. The van der Waals surface area contributed by atoms with Crippen molar-refractivity contribution in [2.45, 2.75) is 52.2 Å². The van der Waals surface area contributed by atoms with Crippen molar-refractivity contribution in [3.8, 4) is 0 Å². The van der Waals surface area contributed by atoms with Crippen molar-refractivity contribution >= 4 is 74.8 Å². The normalized spacial score (nSPS) is 28.0. The van der Waals surface area contributed by atoms with E-state index in [1.807, 2.05) is 13.8 Å². The Hall–Kier alpha value is 0.220. The van der Waals surface area contributed by atoms with E-state index in [9.17, 15) is 14.4 Å². The first kappa shape index (κ1) is 19.5. The molecule has 2 saturated heterocycles. The third kappa shape index (κ3) is 3.46. The van der Waals surface area contributed by atoms with Gasteiger partial charge in [-0.05, 0) is 34.6 Å². The fraction of sp³-hybridized carbons (Fsp3) is 0.786. The fourth-order valence-electron chi connectivity index (χ4n) is 2.40.